The van der Waals surface area contributed by atoms with Crippen LogP contribution in [0.5, 0.6) is 5.75 Å². The molecule has 9 nitrogen and oxygen atoms in total. The van der Waals surface area contributed by atoms with Gasteiger partial charge in [-0.3, -0.25) is 10.1 Å². The highest BCUT2D eigenvalue weighted by molar-refractivity contribution is 8.13. The molecule has 1 saturated carbocycles. The lowest BCUT2D eigenvalue weighted by atomic mass is 9.84. The number of nitrogens with zero attached hydrogens (tertiary/aromatic N) is 3. The molecule has 0 bridgehead atoms. The molecular formula is C21H28N7O2S+. The summed E-state index contributed by atoms with van der Waals surface area (Å²) in [6.07, 6.45) is 3.38. The van der Waals surface area contributed by atoms with E-state index in [4.69, 9.17) is 9.73 Å². The maximum atomic E-state index is 13.3. The third kappa shape index (κ3) is 3.85. The molecular weight excluding hydrogens is 414 g/mol. The lowest BCUT2D eigenvalue weighted by molar-refractivity contribution is -0.882. The first-order chi connectivity index (χ1) is 14.8. The number of anilines is 1. The summed E-state index contributed by atoms with van der Waals surface area (Å²) in [7, 11) is 4.03. The number of carbonyl (C=O) groups is 1. The first-order valence-electron chi connectivity index (χ1n) is 10.6. The zero-order valence-corrected chi connectivity index (χ0v) is 18.8. The average molecular weight is 443 g/mol. The van der Waals surface area contributed by atoms with Crippen molar-refractivity contribution in [2.75, 3.05) is 25.3 Å². The van der Waals surface area contributed by atoms with Gasteiger partial charge in [0, 0.05) is 5.70 Å². The van der Waals surface area contributed by atoms with Crippen LogP contribution >= 0.6 is 11.8 Å². The Morgan fingerprint density at radius 1 is 1.32 bits per heavy atom. The lowest BCUT2D eigenvalue weighted by Gasteiger charge is -2.39. The third-order valence-electron chi connectivity index (χ3n) is 5.95. The number of thioether (sulfide) groups is 1. The number of rotatable bonds is 2. The molecule has 4 aliphatic rings. The summed E-state index contributed by atoms with van der Waals surface area (Å²) in [5, 5.41) is 18.3. The van der Waals surface area contributed by atoms with Gasteiger partial charge >= 0.3 is 0 Å². The number of ether oxygens (including phenoxy) is 1. The number of para-hydroxylation sites is 2. The molecule has 4 N–H and O–H groups in total. The van der Waals surface area contributed by atoms with Crippen LogP contribution in [-0.4, -0.2) is 53.5 Å². The zero-order chi connectivity index (χ0) is 21.6. The number of carbonyl (C=O) groups excluding carboxylic acids is 1. The molecule has 0 radical (unpaired) electrons. The summed E-state index contributed by atoms with van der Waals surface area (Å²) in [5.41, 5.74) is 2.04. The number of amidine groups is 1. The molecule has 1 amide bonds. The van der Waals surface area contributed by atoms with E-state index in [-0.39, 0.29) is 5.91 Å². The number of allylic oxidation sites excluding steroid dienone is 1. The van der Waals surface area contributed by atoms with Crippen LogP contribution in [0.3, 0.4) is 0 Å². The smallest absolute Gasteiger partial charge is 0.271 e. The van der Waals surface area contributed by atoms with E-state index in [1.165, 1.54) is 0 Å². The molecule has 31 heavy (non-hydrogen) atoms. The molecule has 1 unspecified atom stereocenters. The number of amides is 1. The highest BCUT2D eigenvalue weighted by Gasteiger charge is 2.46. The fourth-order valence-corrected chi connectivity index (χ4v) is 5.56. The molecule has 0 saturated heterocycles. The fraction of sp³-hybridized carbons (Fsp3) is 0.476. The van der Waals surface area contributed by atoms with Gasteiger partial charge in [0.25, 0.3) is 12.3 Å². The summed E-state index contributed by atoms with van der Waals surface area (Å²) in [6.45, 7) is 1.94. The molecule has 3 heterocycles. The van der Waals surface area contributed by atoms with E-state index in [1.807, 2.05) is 45.3 Å². The van der Waals surface area contributed by atoms with Crippen molar-refractivity contribution in [3.05, 3.63) is 35.5 Å². The van der Waals surface area contributed by atoms with E-state index >= 15 is 0 Å². The van der Waals surface area contributed by atoms with Crippen molar-refractivity contribution < 1.29 is 14.1 Å². The van der Waals surface area contributed by atoms with Gasteiger partial charge in [-0.25, -0.2) is 0 Å². The van der Waals surface area contributed by atoms with Gasteiger partial charge < -0.3 is 20.7 Å². The topological polar surface area (TPSA) is 99.1 Å². The Bertz CT molecular complexity index is 986. The summed E-state index contributed by atoms with van der Waals surface area (Å²) < 4.78 is 6.39. The van der Waals surface area contributed by atoms with Crippen LogP contribution in [0.25, 0.3) is 0 Å². The molecule has 1 fully saturated rings. The SMILES string of the molecule is CC1=C(C(=O)NC2=N[N+](C)(C)CS2)C2(CCCC2)NC(=NC2Nc3ccccc3O2)N1. The molecule has 10 heteroatoms. The Labute approximate surface area is 186 Å². The largest absolute Gasteiger partial charge is 0.448 e. The van der Waals surface area contributed by atoms with Gasteiger partial charge in [0.1, 0.15) is 5.75 Å². The van der Waals surface area contributed by atoms with Gasteiger partial charge in [0.2, 0.25) is 11.1 Å². The molecule has 1 atom stereocenters. The van der Waals surface area contributed by atoms with Crippen LogP contribution in [-0.2, 0) is 4.79 Å². The predicted octanol–water partition coefficient (Wildman–Crippen LogP) is 2.08. The second-order valence-corrected chi connectivity index (χ2v) is 9.82. The van der Waals surface area contributed by atoms with E-state index in [1.54, 1.807) is 11.8 Å². The van der Waals surface area contributed by atoms with Crippen molar-refractivity contribution in [2.45, 2.75) is 44.5 Å². The van der Waals surface area contributed by atoms with Gasteiger partial charge in [-0.05, 0) is 43.7 Å². The lowest BCUT2D eigenvalue weighted by Crippen LogP contribution is -2.60. The average Bonchev–Trinajstić information content (AvgIpc) is 3.40. The Hall–Kier alpha value is -2.72. The normalized spacial score (nSPS) is 26.6. The molecule has 1 spiro atoms. The Balaban J connectivity index is 1.38. The fourth-order valence-electron chi connectivity index (χ4n) is 4.62. The van der Waals surface area contributed by atoms with Crippen molar-refractivity contribution in [1.29, 1.82) is 0 Å². The van der Waals surface area contributed by atoms with Crippen LogP contribution in [0, 0.1) is 0 Å². The number of benzene rings is 1. The van der Waals surface area contributed by atoms with Gasteiger partial charge in [0.05, 0.1) is 30.9 Å². The summed E-state index contributed by atoms with van der Waals surface area (Å²) in [5.74, 6) is 2.11. The van der Waals surface area contributed by atoms with Crippen molar-refractivity contribution in [3.63, 3.8) is 0 Å². The first kappa shape index (κ1) is 20.2. The maximum Gasteiger partial charge on any atom is 0.271 e. The van der Waals surface area contributed by atoms with E-state index in [0.717, 1.165) is 54.3 Å². The minimum atomic E-state index is -0.515. The number of aliphatic imine (C=N–C) groups is 1. The Morgan fingerprint density at radius 3 is 2.81 bits per heavy atom. The standard InChI is InChI=1S/C21H27N7O2S/c1-13-16(17(29)24-20-27-28(2,3)12-31-20)21(10-6-7-11-21)26-18(22-13)25-19-23-14-8-4-5-9-15(14)30-19/h4-5,8-9,19,23H,6-7,10-12H2,1-3H3,(H2-,22,24,25,26,27,29)/p+1. The quantitative estimate of drug-likeness (QED) is 0.524. The second kappa shape index (κ2) is 7.45. The van der Waals surface area contributed by atoms with Crippen LogP contribution in [0.15, 0.2) is 45.6 Å². The van der Waals surface area contributed by atoms with Crippen LogP contribution in [0.1, 0.15) is 32.6 Å². The van der Waals surface area contributed by atoms with Crippen molar-refractivity contribution >= 4 is 34.5 Å². The predicted molar refractivity (Wildman–Crippen MR) is 122 cm³/mol. The zero-order valence-electron chi connectivity index (χ0n) is 18.0. The molecule has 164 valence electrons. The maximum absolute atomic E-state index is 13.3. The molecule has 1 aromatic rings. The number of hydrogen-bond acceptors (Lipinski definition) is 6. The molecule has 0 aromatic heterocycles. The van der Waals surface area contributed by atoms with Crippen LogP contribution in [0.2, 0.25) is 0 Å². The Morgan fingerprint density at radius 2 is 2.10 bits per heavy atom. The molecule has 1 aliphatic carbocycles. The summed E-state index contributed by atoms with van der Waals surface area (Å²) >= 11 is 1.57. The minimum absolute atomic E-state index is 0.103. The Kier molecular flexibility index (Phi) is 4.86. The number of quaternary nitrogens is 1. The van der Waals surface area contributed by atoms with Gasteiger partial charge in [-0.2, -0.15) is 9.58 Å². The summed E-state index contributed by atoms with van der Waals surface area (Å²) in [6, 6.07) is 7.78. The second-order valence-electron chi connectivity index (χ2n) is 8.88. The number of nitrogens with one attached hydrogen (secondary N) is 4. The van der Waals surface area contributed by atoms with E-state index in [0.29, 0.717) is 15.7 Å². The van der Waals surface area contributed by atoms with Crippen LogP contribution < -0.4 is 26.0 Å². The first-order valence-corrected chi connectivity index (χ1v) is 11.6. The number of guanidine groups is 1. The molecule has 1 aromatic carbocycles. The van der Waals surface area contributed by atoms with E-state index < -0.39 is 11.9 Å². The minimum Gasteiger partial charge on any atom is -0.448 e. The van der Waals surface area contributed by atoms with Gasteiger partial charge in [-0.1, -0.05) is 30.1 Å². The number of hydrogen-bond donors (Lipinski definition) is 4. The highest BCUT2D eigenvalue weighted by atomic mass is 32.2. The monoisotopic (exact) mass is 442 g/mol. The molecule has 3 aliphatic heterocycles. The molecule has 5 rings (SSSR count). The van der Waals surface area contributed by atoms with Crippen molar-refractivity contribution in [1.82, 2.24) is 16.0 Å². The highest BCUT2D eigenvalue weighted by Crippen LogP contribution is 2.39. The van der Waals surface area contributed by atoms with Crippen molar-refractivity contribution in [3.8, 4) is 5.75 Å². The van der Waals surface area contributed by atoms with E-state index in [2.05, 4.69) is 26.4 Å². The summed E-state index contributed by atoms with van der Waals surface area (Å²) in [4.78, 5) is 18.0. The van der Waals surface area contributed by atoms with Crippen LogP contribution in [0.4, 0.5) is 5.69 Å². The van der Waals surface area contributed by atoms with E-state index in [9.17, 15) is 4.79 Å². The van der Waals surface area contributed by atoms with Gasteiger partial charge in [0.15, 0.2) is 5.88 Å². The third-order valence-corrected chi connectivity index (χ3v) is 7.17. The number of fused-ring (bicyclic) bond motifs is 1. The van der Waals surface area contributed by atoms with Crippen molar-refractivity contribution in [2.24, 2.45) is 10.1 Å². The van der Waals surface area contributed by atoms with Gasteiger partial charge in [-0.15, -0.1) is 0 Å².